The first-order chi connectivity index (χ1) is 8.99. The first-order valence-corrected chi connectivity index (χ1v) is 6.08. The van der Waals surface area contributed by atoms with E-state index < -0.39 is 5.97 Å². The van der Waals surface area contributed by atoms with E-state index in [0.29, 0.717) is 6.54 Å². The van der Waals surface area contributed by atoms with E-state index in [1.807, 2.05) is 19.9 Å². The van der Waals surface area contributed by atoms with Gasteiger partial charge < -0.3 is 10.0 Å². The first-order valence-electron chi connectivity index (χ1n) is 6.08. The van der Waals surface area contributed by atoms with E-state index in [-0.39, 0.29) is 18.4 Å². The normalized spacial score (nSPS) is 10.9. The van der Waals surface area contributed by atoms with E-state index in [4.69, 9.17) is 5.11 Å². The standard InChI is InChI=1S/C14H18N2O3/c1-11(2)9-16(10-14(18)19)13(17)6-5-12-4-3-7-15-8-12/h3-8,11H,9-10H2,1-2H3,(H,18,19)/b6-5+. The second kappa shape index (κ2) is 7.31. The van der Waals surface area contributed by atoms with Crippen molar-refractivity contribution >= 4 is 18.0 Å². The van der Waals surface area contributed by atoms with Crippen molar-refractivity contribution in [3.63, 3.8) is 0 Å². The first kappa shape index (κ1) is 14.9. The number of carbonyl (C=O) groups excluding carboxylic acids is 1. The molecule has 0 saturated heterocycles. The van der Waals surface area contributed by atoms with Gasteiger partial charge in [0.25, 0.3) is 0 Å². The predicted molar refractivity (Wildman–Crippen MR) is 72.3 cm³/mol. The van der Waals surface area contributed by atoms with Crippen LogP contribution in [0.2, 0.25) is 0 Å². The van der Waals surface area contributed by atoms with Crippen molar-refractivity contribution in [2.45, 2.75) is 13.8 Å². The summed E-state index contributed by atoms with van der Waals surface area (Å²) in [5, 5.41) is 8.80. The number of hydrogen-bond donors (Lipinski definition) is 1. The number of pyridine rings is 1. The lowest BCUT2D eigenvalue weighted by Crippen LogP contribution is -2.37. The summed E-state index contributed by atoms with van der Waals surface area (Å²) < 4.78 is 0. The lowest BCUT2D eigenvalue weighted by Gasteiger charge is -2.21. The number of aromatic nitrogens is 1. The highest BCUT2D eigenvalue weighted by Gasteiger charge is 2.15. The van der Waals surface area contributed by atoms with E-state index in [1.54, 1.807) is 24.5 Å². The fourth-order valence-electron chi connectivity index (χ4n) is 1.58. The van der Waals surface area contributed by atoms with Gasteiger partial charge in [-0.2, -0.15) is 0 Å². The summed E-state index contributed by atoms with van der Waals surface area (Å²) in [7, 11) is 0. The third-order valence-electron chi connectivity index (χ3n) is 2.33. The van der Waals surface area contributed by atoms with Crippen LogP contribution in [0.4, 0.5) is 0 Å². The van der Waals surface area contributed by atoms with Gasteiger partial charge in [-0.25, -0.2) is 0 Å². The Balaban J connectivity index is 2.71. The van der Waals surface area contributed by atoms with Gasteiger partial charge in [0.15, 0.2) is 0 Å². The number of nitrogens with zero attached hydrogens (tertiary/aromatic N) is 2. The lowest BCUT2D eigenvalue weighted by atomic mass is 10.2. The molecule has 1 heterocycles. The van der Waals surface area contributed by atoms with Crippen LogP contribution in [0.1, 0.15) is 19.4 Å². The summed E-state index contributed by atoms with van der Waals surface area (Å²) in [4.78, 5) is 27.9. The molecule has 1 amide bonds. The van der Waals surface area contributed by atoms with E-state index in [0.717, 1.165) is 5.56 Å². The molecule has 0 bridgehead atoms. The second-order valence-corrected chi connectivity index (χ2v) is 4.63. The van der Waals surface area contributed by atoms with Crippen molar-refractivity contribution in [1.82, 2.24) is 9.88 Å². The molecule has 0 aliphatic heterocycles. The Hall–Kier alpha value is -2.17. The van der Waals surface area contributed by atoms with Crippen LogP contribution in [0.5, 0.6) is 0 Å². The third kappa shape index (κ3) is 5.81. The van der Waals surface area contributed by atoms with Gasteiger partial charge >= 0.3 is 5.97 Å². The molecule has 0 spiro atoms. The van der Waals surface area contributed by atoms with Crippen LogP contribution >= 0.6 is 0 Å². The van der Waals surface area contributed by atoms with Crippen molar-refractivity contribution in [1.29, 1.82) is 0 Å². The highest BCUT2D eigenvalue weighted by atomic mass is 16.4. The second-order valence-electron chi connectivity index (χ2n) is 4.63. The zero-order chi connectivity index (χ0) is 14.3. The Morgan fingerprint density at radius 1 is 1.47 bits per heavy atom. The minimum absolute atomic E-state index is 0.218. The molecule has 0 saturated carbocycles. The Morgan fingerprint density at radius 3 is 2.74 bits per heavy atom. The molecule has 1 aromatic heterocycles. The molecule has 1 rings (SSSR count). The van der Waals surface area contributed by atoms with Gasteiger partial charge in [0.1, 0.15) is 6.54 Å². The molecule has 0 fully saturated rings. The molecular formula is C14H18N2O3. The molecule has 0 unspecified atom stereocenters. The number of carbonyl (C=O) groups is 2. The van der Waals surface area contributed by atoms with Crippen molar-refractivity contribution in [3.05, 3.63) is 36.2 Å². The molecule has 0 aliphatic carbocycles. The fourth-order valence-corrected chi connectivity index (χ4v) is 1.58. The molecular weight excluding hydrogens is 244 g/mol. The van der Waals surface area contributed by atoms with Crippen LogP contribution in [0, 0.1) is 5.92 Å². The van der Waals surface area contributed by atoms with Crippen molar-refractivity contribution in [2.75, 3.05) is 13.1 Å². The third-order valence-corrected chi connectivity index (χ3v) is 2.33. The Bertz CT molecular complexity index is 455. The van der Waals surface area contributed by atoms with Crippen LogP contribution in [-0.2, 0) is 9.59 Å². The Morgan fingerprint density at radius 2 is 2.21 bits per heavy atom. The zero-order valence-electron chi connectivity index (χ0n) is 11.1. The van der Waals surface area contributed by atoms with Crippen LogP contribution in [-0.4, -0.2) is 40.0 Å². The number of carboxylic acids is 1. The van der Waals surface area contributed by atoms with Crippen molar-refractivity contribution < 1.29 is 14.7 Å². The smallest absolute Gasteiger partial charge is 0.323 e. The molecule has 1 aromatic rings. The molecule has 19 heavy (non-hydrogen) atoms. The maximum atomic E-state index is 11.9. The molecule has 102 valence electrons. The average molecular weight is 262 g/mol. The van der Waals surface area contributed by atoms with E-state index in [9.17, 15) is 9.59 Å². The average Bonchev–Trinajstić information content (AvgIpc) is 2.35. The van der Waals surface area contributed by atoms with Gasteiger partial charge in [0.05, 0.1) is 0 Å². The molecule has 5 heteroatoms. The van der Waals surface area contributed by atoms with E-state index in [1.165, 1.54) is 11.0 Å². The number of amides is 1. The molecule has 0 aromatic carbocycles. The summed E-state index contributed by atoms with van der Waals surface area (Å²) in [5.41, 5.74) is 0.802. The lowest BCUT2D eigenvalue weighted by molar-refractivity contribution is -0.143. The molecule has 0 radical (unpaired) electrons. The summed E-state index contributed by atoms with van der Waals surface area (Å²) in [6.07, 6.45) is 6.29. The minimum Gasteiger partial charge on any atom is -0.480 e. The molecule has 5 nitrogen and oxygen atoms in total. The number of hydrogen-bond acceptors (Lipinski definition) is 3. The van der Waals surface area contributed by atoms with E-state index in [2.05, 4.69) is 4.98 Å². The van der Waals surface area contributed by atoms with Gasteiger partial charge in [-0.3, -0.25) is 14.6 Å². The summed E-state index contributed by atoms with van der Waals surface area (Å²) in [6, 6.07) is 3.59. The topological polar surface area (TPSA) is 70.5 Å². The van der Waals surface area contributed by atoms with Crippen LogP contribution in [0.3, 0.4) is 0 Å². The zero-order valence-corrected chi connectivity index (χ0v) is 11.1. The number of aliphatic carboxylic acids is 1. The van der Waals surface area contributed by atoms with E-state index >= 15 is 0 Å². The SMILES string of the molecule is CC(C)CN(CC(=O)O)C(=O)/C=C/c1cccnc1. The number of rotatable bonds is 6. The van der Waals surface area contributed by atoms with Gasteiger partial charge in [-0.1, -0.05) is 19.9 Å². The quantitative estimate of drug-likeness (QED) is 0.791. The predicted octanol–water partition coefficient (Wildman–Crippen LogP) is 1.66. The van der Waals surface area contributed by atoms with Crippen molar-refractivity contribution in [2.24, 2.45) is 5.92 Å². The van der Waals surface area contributed by atoms with Gasteiger partial charge in [-0.15, -0.1) is 0 Å². The summed E-state index contributed by atoms with van der Waals surface area (Å²) in [6.45, 7) is 4.01. The largest absolute Gasteiger partial charge is 0.480 e. The molecule has 0 atom stereocenters. The fraction of sp³-hybridized carbons (Fsp3) is 0.357. The van der Waals surface area contributed by atoms with Crippen molar-refractivity contribution in [3.8, 4) is 0 Å². The monoisotopic (exact) mass is 262 g/mol. The summed E-state index contributed by atoms with van der Waals surface area (Å²) >= 11 is 0. The van der Waals surface area contributed by atoms with Gasteiger partial charge in [-0.05, 0) is 23.6 Å². The Labute approximate surface area is 112 Å². The van der Waals surface area contributed by atoms with Crippen LogP contribution in [0.15, 0.2) is 30.6 Å². The number of carboxylic acid groups (broad SMARTS) is 1. The highest BCUT2D eigenvalue weighted by Crippen LogP contribution is 2.03. The minimum atomic E-state index is -1.01. The molecule has 0 aliphatic rings. The maximum Gasteiger partial charge on any atom is 0.323 e. The molecule has 1 N–H and O–H groups in total. The van der Waals surface area contributed by atoms with Crippen LogP contribution < -0.4 is 0 Å². The van der Waals surface area contributed by atoms with Crippen LogP contribution in [0.25, 0.3) is 6.08 Å². The maximum absolute atomic E-state index is 11.9. The van der Waals surface area contributed by atoms with Gasteiger partial charge in [0.2, 0.25) is 5.91 Å². The Kier molecular flexibility index (Phi) is 5.73. The van der Waals surface area contributed by atoms with Gasteiger partial charge in [0, 0.05) is 25.0 Å². The summed E-state index contributed by atoms with van der Waals surface area (Å²) in [5.74, 6) is -1.10. The highest BCUT2D eigenvalue weighted by molar-refractivity contribution is 5.93.